The Balaban J connectivity index is 2.07. The quantitative estimate of drug-likeness (QED) is 0.836. The van der Waals surface area contributed by atoms with Crippen molar-refractivity contribution in [2.75, 3.05) is 6.54 Å². The van der Waals surface area contributed by atoms with E-state index in [0.717, 1.165) is 11.4 Å². The summed E-state index contributed by atoms with van der Waals surface area (Å²) >= 11 is 0. The second-order valence-electron chi connectivity index (χ2n) is 4.35. The van der Waals surface area contributed by atoms with Gasteiger partial charge in [-0.2, -0.15) is 5.10 Å². The molecule has 2 heterocycles. The first kappa shape index (κ1) is 13.1. The fraction of sp³-hybridized carbons (Fsp3) is 0.286. The number of nitrogens with one attached hydrogen (secondary N) is 1. The third-order valence-electron chi connectivity index (χ3n) is 2.70. The Morgan fingerprint density at radius 1 is 1.53 bits per heavy atom. The Labute approximate surface area is 111 Å². The van der Waals surface area contributed by atoms with E-state index >= 15 is 0 Å². The van der Waals surface area contributed by atoms with Gasteiger partial charge in [0, 0.05) is 12.2 Å². The van der Waals surface area contributed by atoms with Crippen LogP contribution < -0.4 is 5.32 Å². The van der Waals surface area contributed by atoms with Gasteiger partial charge in [-0.3, -0.25) is 9.48 Å². The molecule has 19 heavy (non-hydrogen) atoms. The normalized spacial score (nSPS) is 10.4. The number of hydrogen-bond donors (Lipinski definition) is 1. The van der Waals surface area contributed by atoms with Gasteiger partial charge in [-0.15, -0.1) is 6.58 Å². The molecular formula is C14H17N3O2. The number of aromatic nitrogens is 2. The van der Waals surface area contributed by atoms with Crippen LogP contribution in [0.5, 0.6) is 0 Å². The molecule has 0 aliphatic carbocycles. The van der Waals surface area contributed by atoms with Gasteiger partial charge in [0.1, 0.15) is 5.76 Å². The highest BCUT2D eigenvalue weighted by molar-refractivity contribution is 5.91. The molecule has 0 aliphatic rings. The summed E-state index contributed by atoms with van der Waals surface area (Å²) < 4.78 is 7.35. The lowest BCUT2D eigenvalue weighted by molar-refractivity contribution is 0.0928. The lowest BCUT2D eigenvalue weighted by Crippen LogP contribution is -2.22. The number of furan rings is 1. The first-order valence-electron chi connectivity index (χ1n) is 6.09. The molecule has 0 bridgehead atoms. The van der Waals surface area contributed by atoms with Gasteiger partial charge in [-0.05, 0) is 32.0 Å². The molecule has 2 rings (SSSR count). The van der Waals surface area contributed by atoms with Crippen LogP contribution in [0, 0.1) is 13.8 Å². The Morgan fingerprint density at radius 2 is 2.32 bits per heavy atom. The predicted molar refractivity (Wildman–Crippen MR) is 72.0 cm³/mol. The predicted octanol–water partition coefficient (Wildman–Crippen LogP) is 2.06. The second kappa shape index (κ2) is 5.56. The van der Waals surface area contributed by atoms with Crippen molar-refractivity contribution in [1.82, 2.24) is 15.1 Å². The van der Waals surface area contributed by atoms with Gasteiger partial charge in [-0.1, -0.05) is 6.08 Å². The fourth-order valence-corrected chi connectivity index (χ4v) is 1.82. The second-order valence-corrected chi connectivity index (χ2v) is 4.35. The number of carbonyl (C=O) groups excluding carboxylic acids is 1. The molecule has 0 saturated heterocycles. The molecule has 2 aromatic rings. The molecule has 0 fully saturated rings. The van der Waals surface area contributed by atoms with Crippen molar-refractivity contribution in [3.8, 4) is 0 Å². The molecule has 0 spiro atoms. The van der Waals surface area contributed by atoms with E-state index in [1.165, 1.54) is 0 Å². The van der Waals surface area contributed by atoms with Crippen LogP contribution in [0.4, 0.5) is 0 Å². The molecule has 0 atom stereocenters. The Morgan fingerprint density at radius 3 is 2.95 bits per heavy atom. The lowest BCUT2D eigenvalue weighted by Gasteiger charge is -2.01. The Kier molecular flexibility index (Phi) is 3.85. The molecule has 1 N–H and O–H groups in total. The molecule has 5 nitrogen and oxygen atoms in total. The Hall–Kier alpha value is -2.30. The van der Waals surface area contributed by atoms with Crippen LogP contribution in [0.2, 0.25) is 0 Å². The number of aryl methyl sites for hydroxylation is 2. The minimum atomic E-state index is -0.237. The number of carbonyl (C=O) groups is 1. The van der Waals surface area contributed by atoms with Gasteiger partial charge in [0.15, 0.2) is 5.76 Å². The third kappa shape index (κ3) is 3.13. The summed E-state index contributed by atoms with van der Waals surface area (Å²) in [5, 5.41) is 7.02. The van der Waals surface area contributed by atoms with E-state index in [4.69, 9.17) is 4.42 Å². The molecule has 0 radical (unpaired) electrons. The number of hydrogen-bond acceptors (Lipinski definition) is 3. The molecule has 0 unspecified atom stereocenters. The van der Waals surface area contributed by atoms with Crippen molar-refractivity contribution < 1.29 is 9.21 Å². The monoisotopic (exact) mass is 259 g/mol. The fourth-order valence-electron chi connectivity index (χ4n) is 1.82. The number of nitrogens with zero attached hydrogens (tertiary/aromatic N) is 2. The highest BCUT2D eigenvalue weighted by atomic mass is 16.4. The summed E-state index contributed by atoms with van der Waals surface area (Å²) in [5.41, 5.74) is 2.03. The van der Waals surface area contributed by atoms with Gasteiger partial charge >= 0.3 is 0 Å². The van der Waals surface area contributed by atoms with Crippen molar-refractivity contribution in [1.29, 1.82) is 0 Å². The smallest absolute Gasteiger partial charge is 0.287 e. The summed E-state index contributed by atoms with van der Waals surface area (Å²) in [4.78, 5) is 11.7. The van der Waals surface area contributed by atoms with Gasteiger partial charge in [0.25, 0.3) is 5.91 Å². The molecule has 0 aromatic carbocycles. The molecule has 0 saturated carbocycles. The highest BCUT2D eigenvalue weighted by Crippen LogP contribution is 2.11. The van der Waals surface area contributed by atoms with Crippen LogP contribution in [0.15, 0.2) is 35.3 Å². The average Bonchev–Trinajstić information content (AvgIpc) is 2.94. The Bertz CT molecular complexity index is 596. The van der Waals surface area contributed by atoms with Crippen LogP contribution in [0.3, 0.4) is 0 Å². The van der Waals surface area contributed by atoms with Gasteiger partial charge in [0.2, 0.25) is 0 Å². The number of rotatable bonds is 5. The van der Waals surface area contributed by atoms with E-state index in [9.17, 15) is 4.79 Å². The zero-order valence-electron chi connectivity index (χ0n) is 11.1. The van der Waals surface area contributed by atoms with Gasteiger partial charge in [-0.25, -0.2) is 0 Å². The van der Waals surface area contributed by atoms with E-state index < -0.39 is 0 Å². The van der Waals surface area contributed by atoms with Gasteiger partial charge in [0.05, 0.1) is 12.2 Å². The van der Waals surface area contributed by atoms with Crippen LogP contribution in [0.25, 0.3) is 0 Å². The van der Waals surface area contributed by atoms with Crippen LogP contribution in [-0.2, 0) is 6.54 Å². The minimum absolute atomic E-state index is 0.237. The first-order valence-corrected chi connectivity index (χ1v) is 6.09. The molecular weight excluding hydrogens is 242 g/mol. The largest absolute Gasteiger partial charge is 0.454 e. The van der Waals surface area contributed by atoms with E-state index in [1.807, 2.05) is 24.6 Å². The summed E-state index contributed by atoms with van der Waals surface area (Å²) in [5.74, 6) is 0.771. The highest BCUT2D eigenvalue weighted by Gasteiger charge is 2.11. The van der Waals surface area contributed by atoms with E-state index in [1.54, 1.807) is 18.2 Å². The lowest BCUT2D eigenvalue weighted by atomic mass is 10.4. The zero-order valence-corrected chi connectivity index (χ0v) is 11.1. The summed E-state index contributed by atoms with van der Waals surface area (Å²) in [6, 6.07) is 5.46. The molecule has 1 amide bonds. The summed E-state index contributed by atoms with van der Waals surface area (Å²) in [7, 11) is 0. The van der Waals surface area contributed by atoms with E-state index in [0.29, 0.717) is 24.6 Å². The van der Waals surface area contributed by atoms with Crippen LogP contribution >= 0.6 is 0 Å². The minimum Gasteiger partial charge on any atom is -0.454 e. The molecule has 2 aromatic heterocycles. The van der Waals surface area contributed by atoms with Crippen molar-refractivity contribution in [2.24, 2.45) is 0 Å². The maximum Gasteiger partial charge on any atom is 0.287 e. The van der Waals surface area contributed by atoms with Crippen molar-refractivity contribution in [3.63, 3.8) is 0 Å². The maximum atomic E-state index is 11.7. The number of amides is 1. The first-order chi connectivity index (χ1) is 9.10. The molecule has 100 valence electrons. The average molecular weight is 259 g/mol. The van der Waals surface area contributed by atoms with Crippen LogP contribution in [-0.4, -0.2) is 22.2 Å². The molecule has 0 aliphatic heterocycles. The standard InChI is InChI=1S/C14H17N3O2/c1-4-7-15-14(18)13-6-5-12(19-13)9-17-11(3)8-10(2)16-17/h4-6,8H,1,7,9H2,2-3H3,(H,15,18). The van der Waals surface area contributed by atoms with Crippen LogP contribution in [0.1, 0.15) is 27.7 Å². The van der Waals surface area contributed by atoms with Crippen molar-refractivity contribution in [2.45, 2.75) is 20.4 Å². The topological polar surface area (TPSA) is 60.1 Å². The van der Waals surface area contributed by atoms with E-state index in [2.05, 4.69) is 17.0 Å². The summed E-state index contributed by atoms with van der Waals surface area (Å²) in [6.07, 6.45) is 1.62. The van der Waals surface area contributed by atoms with Gasteiger partial charge < -0.3 is 9.73 Å². The van der Waals surface area contributed by atoms with Crippen molar-refractivity contribution in [3.05, 3.63) is 53.8 Å². The van der Waals surface area contributed by atoms with E-state index in [-0.39, 0.29) is 5.91 Å². The molecule has 5 heteroatoms. The third-order valence-corrected chi connectivity index (χ3v) is 2.70. The summed E-state index contributed by atoms with van der Waals surface area (Å²) in [6.45, 7) is 8.42. The van der Waals surface area contributed by atoms with Crippen molar-refractivity contribution >= 4 is 5.91 Å². The maximum absolute atomic E-state index is 11.7. The SMILES string of the molecule is C=CCNC(=O)c1ccc(Cn2nc(C)cc2C)o1. The zero-order chi connectivity index (χ0) is 13.8.